The summed E-state index contributed by atoms with van der Waals surface area (Å²) in [6, 6.07) is 15.3. The Morgan fingerprint density at radius 3 is 2.45 bits per heavy atom. The van der Waals surface area contributed by atoms with Gasteiger partial charge in [-0.3, -0.25) is 9.59 Å². The second-order valence-electron chi connectivity index (χ2n) is 7.31. The first kappa shape index (κ1) is 20.3. The number of amides is 2. The maximum Gasteiger partial charge on any atom is 0.255 e. The maximum absolute atomic E-state index is 12.9. The Labute approximate surface area is 170 Å². The molecule has 0 unspecified atom stereocenters. The highest BCUT2D eigenvalue weighted by molar-refractivity contribution is 5.96. The Bertz CT molecular complexity index is 1020. The molecule has 0 atom stereocenters. The van der Waals surface area contributed by atoms with E-state index in [4.69, 9.17) is 0 Å². The van der Waals surface area contributed by atoms with Gasteiger partial charge in [0.25, 0.3) is 11.8 Å². The molecule has 0 spiro atoms. The van der Waals surface area contributed by atoms with Crippen LogP contribution in [0.4, 0.5) is 0 Å². The first-order chi connectivity index (χ1) is 13.9. The Morgan fingerprint density at radius 2 is 1.79 bits per heavy atom. The van der Waals surface area contributed by atoms with Crippen molar-refractivity contribution in [1.29, 1.82) is 0 Å². The van der Waals surface area contributed by atoms with Crippen LogP contribution in [0.15, 0.2) is 54.7 Å². The molecule has 0 aliphatic heterocycles. The van der Waals surface area contributed by atoms with Crippen LogP contribution in [0.25, 0.3) is 5.69 Å². The van der Waals surface area contributed by atoms with Gasteiger partial charge in [0.15, 0.2) is 0 Å². The fraction of sp³-hybridized carbons (Fsp3) is 0.261. The third-order valence-corrected chi connectivity index (χ3v) is 4.75. The van der Waals surface area contributed by atoms with E-state index in [0.717, 1.165) is 16.9 Å². The number of rotatable bonds is 6. The molecule has 6 heteroatoms. The number of hydrogen-bond donors (Lipinski definition) is 2. The van der Waals surface area contributed by atoms with Crippen molar-refractivity contribution in [3.63, 3.8) is 0 Å². The molecule has 0 aliphatic rings. The van der Waals surface area contributed by atoms with Crippen LogP contribution in [0.2, 0.25) is 0 Å². The number of aromatic nitrogens is 2. The van der Waals surface area contributed by atoms with Crippen molar-refractivity contribution in [1.82, 2.24) is 20.4 Å². The van der Waals surface area contributed by atoms with Gasteiger partial charge in [-0.2, -0.15) is 5.10 Å². The van der Waals surface area contributed by atoms with Gasteiger partial charge in [-0.15, -0.1) is 0 Å². The minimum Gasteiger partial charge on any atom is -0.355 e. The summed E-state index contributed by atoms with van der Waals surface area (Å²) < 4.78 is 1.82. The molecule has 0 saturated heterocycles. The summed E-state index contributed by atoms with van der Waals surface area (Å²) in [4.78, 5) is 24.7. The first-order valence-electron chi connectivity index (χ1n) is 9.65. The molecule has 2 aromatic carbocycles. The number of aryl methyl sites for hydroxylation is 1. The zero-order valence-electron chi connectivity index (χ0n) is 17.2. The van der Waals surface area contributed by atoms with Crippen LogP contribution in [0.1, 0.15) is 57.3 Å². The summed E-state index contributed by atoms with van der Waals surface area (Å²) >= 11 is 0. The van der Waals surface area contributed by atoms with Gasteiger partial charge in [-0.25, -0.2) is 4.68 Å². The molecular weight excluding hydrogens is 364 g/mol. The third kappa shape index (κ3) is 4.54. The number of hydrogen-bond acceptors (Lipinski definition) is 3. The maximum atomic E-state index is 12.9. The summed E-state index contributed by atoms with van der Waals surface area (Å²) in [6.45, 7) is 6.46. The lowest BCUT2D eigenvalue weighted by Crippen LogP contribution is -2.24. The molecule has 0 radical (unpaired) electrons. The van der Waals surface area contributed by atoms with Gasteiger partial charge in [0.1, 0.15) is 0 Å². The van der Waals surface area contributed by atoms with Crippen molar-refractivity contribution in [3.05, 3.63) is 82.7 Å². The minimum atomic E-state index is -0.183. The Balaban J connectivity index is 1.81. The largest absolute Gasteiger partial charge is 0.355 e. The molecule has 3 rings (SSSR count). The number of carbonyl (C=O) groups is 2. The highest BCUT2D eigenvalue weighted by atomic mass is 16.2. The fourth-order valence-corrected chi connectivity index (χ4v) is 3.22. The SMILES string of the molecule is CNC(=O)c1cccc(CNC(=O)c2cnn(-c3ccc(C)cc3)c2C(C)C)c1. The lowest BCUT2D eigenvalue weighted by molar-refractivity contribution is 0.0947. The zero-order valence-corrected chi connectivity index (χ0v) is 17.2. The van der Waals surface area contributed by atoms with E-state index in [0.29, 0.717) is 17.7 Å². The summed E-state index contributed by atoms with van der Waals surface area (Å²) in [7, 11) is 1.59. The summed E-state index contributed by atoms with van der Waals surface area (Å²) in [6.07, 6.45) is 1.62. The highest BCUT2D eigenvalue weighted by Crippen LogP contribution is 2.23. The van der Waals surface area contributed by atoms with E-state index >= 15 is 0 Å². The second-order valence-corrected chi connectivity index (χ2v) is 7.31. The van der Waals surface area contributed by atoms with Crippen molar-refractivity contribution < 1.29 is 9.59 Å². The van der Waals surface area contributed by atoms with Gasteiger partial charge in [0, 0.05) is 19.2 Å². The highest BCUT2D eigenvalue weighted by Gasteiger charge is 2.20. The summed E-state index contributed by atoms with van der Waals surface area (Å²) in [5.74, 6) is -0.215. The summed E-state index contributed by atoms with van der Waals surface area (Å²) in [5.41, 5.74) is 4.94. The van der Waals surface area contributed by atoms with E-state index in [1.54, 1.807) is 31.4 Å². The quantitative estimate of drug-likeness (QED) is 0.675. The Morgan fingerprint density at radius 1 is 1.07 bits per heavy atom. The number of carbonyl (C=O) groups excluding carboxylic acids is 2. The first-order valence-corrected chi connectivity index (χ1v) is 9.65. The van der Waals surface area contributed by atoms with Crippen molar-refractivity contribution in [3.8, 4) is 5.69 Å². The molecule has 0 bridgehead atoms. The van der Waals surface area contributed by atoms with E-state index in [2.05, 4.69) is 15.7 Å². The molecule has 0 fully saturated rings. The molecule has 6 nitrogen and oxygen atoms in total. The van der Waals surface area contributed by atoms with Gasteiger partial charge < -0.3 is 10.6 Å². The van der Waals surface area contributed by atoms with Crippen LogP contribution < -0.4 is 10.6 Å². The number of benzene rings is 2. The van der Waals surface area contributed by atoms with E-state index < -0.39 is 0 Å². The van der Waals surface area contributed by atoms with Crippen molar-refractivity contribution in [2.45, 2.75) is 33.2 Å². The van der Waals surface area contributed by atoms with E-state index in [1.807, 2.05) is 55.8 Å². The number of nitrogens with zero attached hydrogens (tertiary/aromatic N) is 2. The van der Waals surface area contributed by atoms with Crippen molar-refractivity contribution >= 4 is 11.8 Å². The molecule has 1 heterocycles. The van der Waals surface area contributed by atoms with Crippen LogP contribution in [0, 0.1) is 6.92 Å². The molecule has 0 saturated carbocycles. The van der Waals surface area contributed by atoms with Crippen molar-refractivity contribution in [2.75, 3.05) is 7.05 Å². The summed E-state index contributed by atoms with van der Waals surface area (Å²) in [5, 5.41) is 10.0. The van der Waals surface area contributed by atoms with Gasteiger partial charge in [0.2, 0.25) is 0 Å². The lowest BCUT2D eigenvalue weighted by Gasteiger charge is -2.13. The minimum absolute atomic E-state index is 0.121. The van der Waals surface area contributed by atoms with Crippen LogP contribution >= 0.6 is 0 Å². The van der Waals surface area contributed by atoms with Crippen LogP contribution in [0.5, 0.6) is 0 Å². The smallest absolute Gasteiger partial charge is 0.255 e. The monoisotopic (exact) mass is 390 g/mol. The van der Waals surface area contributed by atoms with Gasteiger partial charge >= 0.3 is 0 Å². The second kappa shape index (κ2) is 8.73. The third-order valence-electron chi connectivity index (χ3n) is 4.75. The molecular formula is C23H26N4O2. The van der Waals surface area contributed by atoms with Gasteiger partial charge in [-0.1, -0.05) is 43.7 Å². The average Bonchev–Trinajstić information content (AvgIpc) is 3.17. The number of nitrogens with one attached hydrogen (secondary N) is 2. The molecule has 150 valence electrons. The Hall–Kier alpha value is -3.41. The van der Waals surface area contributed by atoms with E-state index in [9.17, 15) is 9.59 Å². The lowest BCUT2D eigenvalue weighted by atomic mass is 10.0. The van der Waals surface area contributed by atoms with Crippen molar-refractivity contribution in [2.24, 2.45) is 0 Å². The average molecular weight is 390 g/mol. The normalized spacial score (nSPS) is 10.8. The predicted octanol–water partition coefficient (Wildman–Crippen LogP) is 3.59. The topological polar surface area (TPSA) is 76.0 Å². The predicted molar refractivity (Wildman–Crippen MR) is 113 cm³/mol. The van der Waals surface area contributed by atoms with Gasteiger partial charge in [-0.05, 0) is 42.7 Å². The van der Waals surface area contributed by atoms with Gasteiger partial charge in [0.05, 0.1) is 23.1 Å². The van der Waals surface area contributed by atoms with Crippen LogP contribution in [0.3, 0.4) is 0 Å². The molecule has 2 amide bonds. The fourth-order valence-electron chi connectivity index (χ4n) is 3.22. The molecule has 2 N–H and O–H groups in total. The van der Waals surface area contributed by atoms with E-state index in [1.165, 1.54) is 5.56 Å². The zero-order chi connectivity index (χ0) is 21.0. The molecule has 0 aliphatic carbocycles. The Kier molecular flexibility index (Phi) is 6.12. The molecule has 3 aromatic rings. The molecule has 29 heavy (non-hydrogen) atoms. The van der Waals surface area contributed by atoms with Crippen LogP contribution in [-0.4, -0.2) is 28.6 Å². The van der Waals surface area contributed by atoms with Crippen LogP contribution in [-0.2, 0) is 6.54 Å². The molecule has 1 aromatic heterocycles. The van der Waals surface area contributed by atoms with E-state index in [-0.39, 0.29) is 17.7 Å². The standard InChI is InChI=1S/C23H26N4O2/c1-15(2)21-20(14-26-27(21)19-10-8-16(3)9-11-19)23(29)25-13-17-6-5-7-18(12-17)22(28)24-4/h5-12,14-15H,13H2,1-4H3,(H,24,28)(H,25,29).